The molecule has 0 bridgehead atoms. The molecular weight excluding hydrogens is 328 g/mol. The van der Waals surface area contributed by atoms with Crippen LogP contribution in [-0.4, -0.2) is 44.8 Å². The summed E-state index contributed by atoms with van der Waals surface area (Å²) >= 11 is 0. The van der Waals surface area contributed by atoms with Crippen molar-refractivity contribution in [2.24, 2.45) is 0 Å². The minimum atomic E-state index is -0.102. The summed E-state index contributed by atoms with van der Waals surface area (Å²) in [6, 6.07) is 17.5. The van der Waals surface area contributed by atoms with Gasteiger partial charge in [0.05, 0.1) is 24.9 Å². The van der Waals surface area contributed by atoms with Crippen molar-refractivity contribution in [3.05, 3.63) is 78.4 Å². The molecule has 6 heteroatoms. The first-order valence-corrected chi connectivity index (χ1v) is 8.65. The molecule has 0 N–H and O–H groups in total. The van der Waals surface area contributed by atoms with E-state index in [2.05, 4.69) is 10.1 Å². The second-order valence-corrected chi connectivity index (χ2v) is 6.43. The van der Waals surface area contributed by atoms with Crippen LogP contribution in [0, 0.1) is 0 Å². The van der Waals surface area contributed by atoms with Gasteiger partial charge in [-0.2, -0.15) is 5.10 Å². The summed E-state index contributed by atoms with van der Waals surface area (Å²) in [5.74, 6) is 0.00342. The predicted octanol–water partition coefficient (Wildman–Crippen LogP) is 2.87. The lowest BCUT2D eigenvalue weighted by Crippen LogP contribution is -2.48. The lowest BCUT2D eigenvalue weighted by Gasteiger charge is -2.38. The van der Waals surface area contributed by atoms with Gasteiger partial charge in [-0.15, -0.1) is 0 Å². The van der Waals surface area contributed by atoms with Crippen LogP contribution in [0.2, 0.25) is 0 Å². The third kappa shape index (κ3) is 3.23. The Hall–Kier alpha value is -2.99. The lowest BCUT2D eigenvalue weighted by atomic mass is 10.0. The topological polar surface area (TPSA) is 60.2 Å². The number of hydrogen-bond acceptors (Lipinski definition) is 4. The summed E-state index contributed by atoms with van der Waals surface area (Å²) in [6.45, 7) is 3.08. The van der Waals surface area contributed by atoms with E-state index in [0.29, 0.717) is 18.7 Å². The zero-order chi connectivity index (χ0) is 17.9. The molecule has 1 aromatic heterocycles. The first kappa shape index (κ1) is 16.5. The Bertz CT molecular complexity index is 880. The molecule has 132 valence electrons. The summed E-state index contributed by atoms with van der Waals surface area (Å²) in [5.41, 5.74) is 2.54. The van der Waals surface area contributed by atoms with Crippen molar-refractivity contribution in [2.75, 3.05) is 13.2 Å². The van der Waals surface area contributed by atoms with Crippen LogP contribution in [0.3, 0.4) is 0 Å². The van der Waals surface area contributed by atoms with Crippen molar-refractivity contribution >= 4 is 5.91 Å². The quantitative estimate of drug-likeness (QED) is 0.730. The molecule has 1 saturated heterocycles. The number of hydrogen-bond donors (Lipinski definition) is 0. The van der Waals surface area contributed by atoms with E-state index in [0.717, 1.165) is 11.3 Å². The van der Waals surface area contributed by atoms with Crippen molar-refractivity contribution < 1.29 is 9.53 Å². The Morgan fingerprint density at radius 3 is 2.77 bits per heavy atom. The van der Waals surface area contributed by atoms with Gasteiger partial charge in [0.2, 0.25) is 0 Å². The van der Waals surface area contributed by atoms with Crippen LogP contribution in [0.15, 0.2) is 67.3 Å². The molecule has 0 radical (unpaired) electrons. The monoisotopic (exact) mass is 348 g/mol. The molecule has 1 amide bonds. The van der Waals surface area contributed by atoms with Gasteiger partial charge in [0.15, 0.2) is 0 Å². The minimum absolute atomic E-state index is 0.00342. The van der Waals surface area contributed by atoms with E-state index < -0.39 is 0 Å². The highest BCUT2D eigenvalue weighted by Gasteiger charge is 2.31. The zero-order valence-electron chi connectivity index (χ0n) is 14.5. The van der Waals surface area contributed by atoms with Gasteiger partial charge in [-0.1, -0.05) is 36.4 Å². The molecule has 0 aliphatic carbocycles. The standard InChI is InChI=1S/C20H20N4O2/c1-15-12-26-19(16-6-3-2-4-7-16)11-23(15)20(25)17-8-5-9-18(10-17)24-14-21-13-22-24/h2-10,13-15,19H,11-12H2,1H3/t15-,19-/m1/s1. The number of carbonyl (C=O) groups excluding carboxylic acids is 1. The molecule has 1 aliphatic heterocycles. The summed E-state index contributed by atoms with van der Waals surface area (Å²) < 4.78 is 7.60. The van der Waals surface area contributed by atoms with E-state index in [1.54, 1.807) is 11.0 Å². The molecule has 26 heavy (non-hydrogen) atoms. The largest absolute Gasteiger partial charge is 0.370 e. The summed E-state index contributed by atoms with van der Waals surface area (Å²) in [7, 11) is 0. The van der Waals surface area contributed by atoms with Crippen LogP contribution in [0.1, 0.15) is 28.9 Å². The third-order valence-electron chi connectivity index (χ3n) is 4.64. The molecule has 0 saturated carbocycles. The van der Waals surface area contributed by atoms with E-state index in [9.17, 15) is 4.79 Å². The van der Waals surface area contributed by atoms with E-state index in [4.69, 9.17) is 4.74 Å². The summed E-state index contributed by atoms with van der Waals surface area (Å²) in [6.07, 6.45) is 2.99. The highest BCUT2D eigenvalue weighted by molar-refractivity contribution is 5.95. The Morgan fingerprint density at radius 1 is 1.15 bits per heavy atom. The number of morpholine rings is 1. The summed E-state index contributed by atoms with van der Waals surface area (Å²) in [4.78, 5) is 19.0. The Morgan fingerprint density at radius 2 is 2.00 bits per heavy atom. The molecule has 0 unspecified atom stereocenters. The normalized spacial score (nSPS) is 20.1. The van der Waals surface area contributed by atoms with E-state index in [1.165, 1.54) is 6.33 Å². The van der Waals surface area contributed by atoms with Gasteiger partial charge >= 0.3 is 0 Å². The highest BCUT2D eigenvalue weighted by atomic mass is 16.5. The van der Waals surface area contributed by atoms with Crippen LogP contribution in [0.4, 0.5) is 0 Å². The van der Waals surface area contributed by atoms with Crippen molar-refractivity contribution in [2.45, 2.75) is 19.1 Å². The number of carbonyl (C=O) groups is 1. The number of rotatable bonds is 3. The van der Waals surface area contributed by atoms with Crippen LogP contribution >= 0.6 is 0 Å². The fourth-order valence-electron chi connectivity index (χ4n) is 3.20. The second-order valence-electron chi connectivity index (χ2n) is 6.43. The third-order valence-corrected chi connectivity index (χ3v) is 4.64. The molecule has 2 aromatic carbocycles. The van der Waals surface area contributed by atoms with Crippen molar-refractivity contribution in [1.82, 2.24) is 19.7 Å². The van der Waals surface area contributed by atoms with Gasteiger partial charge in [0, 0.05) is 5.56 Å². The van der Waals surface area contributed by atoms with Crippen molar-refractivity contribution in [1.29, 1.82) is 0 Å². The molecule has 6 nitrogen and oxygen atoms in total. The number of amides is 1. The summed E-state index contributed by atoms with van der Waals surface area (Å²) in [5, 5.41) is 4.13. The van der Waals surface area contributed by atoms with E-state index in [1.807, 2.05) is 66.4 Å². The first-order chi connectivity index (χ1) is 12.7. The minimum Gasteiger partial charge on any atom is -0.370 e. The molecule has 2 heterocycles. The van der Waals surface area contributed by atoms with Crippen LogP contribution in [0.5, 0.6) is 0 Å². The van der Waals surface area contributed by atoms with Crippen molar-refractivity contribution in [3.8, 4) is 5.69 Å². The van der Waals surface area contributed by atoms with Gasteiger partial charge in [-0.05, 0) is 30.7 Å². The maximum absolute atomic E-state index is 13.1. The van der Waals surface area contributed by atoms with E-state index >= 15 is 0 Å². The van der Waals surface area contributed by atoms with Gasteiger partial charge in [-0.3, -0.25) is 4.79 Å². The number of aromatic nitrogens is 3. The van der Waals surface area contributed by atoms with Crippen molar-refractivity contribution in [3.63, 3.8) is 0 Å². The van der Waals surface area contributed by atoms with Gasteiger partial charge in [0.25, 0.3) is 5.91 Å². The SMILES string of the molecule is C[C@@H]1CO[C@@H](c2ccccc2)CN1C(=O)c1cccc(-n2cncn2)c1. The fraction of sp³-hybridized carbons (Fsp3) is 0.250. The van der Waals surface area contributed by atoms with Gasteiger partial charge in [-0.25, -0.2) is 9.67 Å². The van der Waals surface area contributed by atoms with Crippen LogP contribution in [0.25, 0.3) is 5.69 Å². The molecule has 1 aliphatic rings. The second kappa shape index (κ2) is 7.09. The zero-order valence-corrected chi connectivity index (χ0v) is 14.5. The average molecular weight is 348 g/mol. The van der Waals surface area contributed by atoms with Crippen LogP contribution in [-0.2, 0) is 4.74 Å². The molecule has 3 aromatic rings. The Balaban J connectivity index is 1.57. The van der Waals surface area contributed by atoms with Gasteiger partial charge < -0.3 is 9.64 Å². The molecule has 2 atom stereocenters. The van der Waals surface area contributed by atoms with Gasteiger partial charge in [0.1, 0.15) is 18.8 Å². The maximum atomic E-state index is 13.1. The highest BCUT2D eigenvalue weighted by Crippen LogP contribution is 2.26. The van der Waals surface area contributed by atoms with Crippen LogP contribution < -0.4 is 0 Å². The predicted molar refractivity (Wildman–Crippen MR) is 97.0 cm³/mol. The van der Waals surface area contributed by atoms with E-state index in [-0.39, 0.29) is 18.1 Å². The number of nitrogens with zero attached hydrogens (tertiary/aromatic N) is 4. The first-order valence-electron chi connectivity index (χ1n) is 8.65. The number of ether oxygens (including phenoxy) is 1. The average Bonchev–Trinajstić information content (AvgIpc) is 3.23. The Labute approximate surface area is 152 Å². The Kier molecular flexibility index (Phi) is 4.50. The lowest BCUT2D eigenvalue weighted by molar-refractivity contribution is -0.0486. The smallest absolute Gasteiger partial charge is 0.254 e. The maximum Gasteiger partial charge on any atom is 0.254 e. The molecule has 1 fully saturated rings. The molecular formula is C20H20N4O2. The number of benzene rings is 2. The molecule has 4 rings (SSSR count). The fourth-order valence-corrected chi connectivity index (χ4v) is 3.20. The molecule has 0 spiro atoms.